The van der Waals surface area contributed by atoms with E-state index in [0.29, 0.717) is 17.2 Å². The normalized spacial score (nSPS) is 11.8. The van der Waals surface area contributed by atoms with Crippen LogP contribution in [0, 0.1) is 41.5 Å². The topological polar surface area (TPSA) is 140 Å². The zero-order chi connectivity index (χ0) is 78.3. The van der Waals surface area contributed by atoms with Gasteiger partial charge in [0.25, 0.3) is 0 Å². The van der Waals surface area contributed by atoms with E-state index in [-0.39, 0.29) is 66.4 Å². The van der Waals surface area contributed by atoms with Crippen LogP contribution in [0.25, 0.3) is 0 Å². The van der Waals surface area contributed by atoms with Crippen molar-refractivity contribution >= 4 is 17.9 Å². The molecule has 552 valence electrons. The van der Waals surface area contributed by atoms with Crippen molar-refractivity contribution in [2.75, 3.05) is 0 Å². The molecule has 0 aliphatic rings. The van der Waals surface area contributed by atoms with Gasteiger partial charge in [-0.25, -0.2) is 9.59 Å². The molecule has 0 aromatic heterocycles. The summed E-state index contributed by atoms with van der Waals surface area (Å²) in [6.07, 6.45) is -0.758. The molecule has 3 N–H and O–H groups in total. The Morgan fingerprint density at radius 3 is 0.657 bits per heavy atom. The summed E-state index contributed by atoms with van der Waals surface area (Å²) in [6.45, 7) is 38.1. The minimum atomic E-state index is -0.758. The largest absolute Gasteiger partial charge is 0.519 e. The monoisotopic (exact) mass is 1430 g/mol. The second-order valence-corrected chi connectivity index (χ2v) is 31.9. The van der Waals surface area contributed by atoms with Crippen molar-refractivity contribution in [1.29, 1.82) is 0 Å². The first-order valence-electron chi connectivity index (χ1n) is 36.9. The predicted molar refractivity (Wildman–Crippen MR) is 439 cm³/mol. The van der Waals surface area contributed by atoms with Crippen LogP contribution in [-0.4, -0.2) is 33.2 Å². The van der Waals surface area contributed by atoms with Crippen molar-refractivity contribution in [1.82, 2.24) is 0 Å². The predicted octanol–water partition coefficient (Wildman–Crippen LogP) is 24.0. The summed E-state index contributed by atoms with van der Waals surface area (Å²) in [5, 5.41) is 32.1. The Kier molecular flexibility index (Phi) is 23.6. The van der Waals surface area contributed by atoms with Crippen molar-refractivity contribution in [3.8, 4) is 34.5 Å². The van der Waals surface area contributed by atoms with Crippen LogP contribution in [0.2, 0.25) is 0 Å². The Balaban J connectivity index is 0.000000173. The fourth-order valence-corrected chi connectivity index (χ4v) is 13.5. The van der Waals surface area contributed by atoms with Crippen LogP contribution in [0.3, 0.4) is 0 Å². The number of carbonyl (C=O) groups is 3. The highest BCUT2D eigenvalue weighted by molar-refractivity contribution is 6.12. The van der Waals surface area contributed by atoms with Crippen molar-refractivity contribution in [3.63, 3.8) is 0 Å². The van der Waals surface area contributed by atoms with E-state index in [1.54, 1.807) is 72.8 Å². The van der Waals surface area contributed by atoms with Crippen LogP contribution in [0.15, 0.2) is 273 Å². The second kappa shape index (κ2) is 32.3. The van der Waals surface area contributed by atoms with E-state index in [9.17, 15) is 29.7 Å². The first-order valence-corrected chi connectivity index (χ1v) is 36.9. The molecular formula is C99H102O9. The number of esters is 1. The molecule has 12 rings (SSSR count). The average Bonchev–Trinajstić information content (AvgIpc) is 0.779. The lowest BCUT2D eigenvalue weighted by Crippen LogP contribution is -2.20. The smallest absolute Gasteiger partial charge is 0.507 e. The Morgan fingerprint density at radius 2 is 0.417 bits per heavy atom. The van der Waals surface area contributed by atoms with Gasteiger partial charge in [0.2, 0.25) is 0 Å². The maximum absolute atomic E-state index is 13.3. The summed E-state index contributed by atoms with van der Waals surface area (Å²) < 4.78 is 16.5. The molecule has 108 heavy (non-hydrogen) atoms. The zero-order valence-electron chi connectivity index (χ0n) is 65.8. The van der Waals surface area contributed by atoms with Crippen LogP contribution >= 0.6 is 0 Å². The van der Waals surface area contributed by atoms with Crippen molar-refractivity contribution in [2.45, 2.75) is 157 Å². The van der Waals surface area contributed by atoms with E-state index in [4.69, 9.17) is 14.2 Å². The number of carbonyl (C=O) groups excluding carboxylic acids is 3. The third-order valence-electron chi connectivity index (χ3n) is 21.8. The lowest BCUT2D eigenvalue weighted by molar-refractivity contribution is 0.0731. The van der Waals surface area contributed by atoms with Crippen molar-refractivity contribution in [3.05, 3.63) is 390 Å². The van der Waals surface area contributed by atoms with Gasteiger partial charge in [0.1, 0.15) is 40.1 Å². The van der Waals surface area contributed by atoms with Gasteiger partial charge in [-0.15, -0.1) is 0 Å². The van der Waals surface area contributed by atoms with E-state index in [1.807, 2.05) is 54.6 Å². The molecule has 0 unspecified atom stereocenters. The summed E-state index contributed by atoms with van der Waals surface area (Å²) in [4.78, 5) is 38.8. The molecule has 12 aromatic rings. The van der Waals surface area contributed by atoms with Gasteiger partial charge in [-0.3, -0.25) is 4.79 Å². The van der Waals surface area contributed by atoms with Gasteiger partial charge in [0, 0.05) is 32.5 Å². The maximum Gasteiger partial charge on any atom is 0.519 e. The van der Waals surface area contributed by atoms with E-state index in [2.05, 4.69) is 270 Å². The molecule has 0 aliphatic carbocycles. The molecule has 0 radical (unpaired) electrons. The highest BCUT2D eigenvalue weighted by Crippen LogP contribution is 2.41. The van der Waals surface area contributed by atoms with Gasteiger partial charge in [-0.2, -0.15) is 0 Å². The molecule has 0 amide bonds. The lowest BCUT2D eigenvalue weighted by Gasteiger charge is -2.27. The van der Waals surface area contributed by atoms with Gasteiger partial charge in [-0.1, -0.05) is 317 Å². The quantitative estimate of drug-likeness (QED) is 0.0332. The lowest BCUT2D eigenvalue weighted by atomic mass is 9.77. The highest BCUT2D eigenvalue weighted by atomic mass is 16.7. The van der Waals surface area contributed by atoms with Gasteiger partial charge < -0.3 is 29.5 Å². The number of aryl methyl sites for hydroxylation is 6. The molecule has 0 heterocycles. The van der Waals surface area contributed by atoms with Gasteiger partial charge in [0.15, 0.2) is 5.78 Å². The highest BCUT2D eigenvalue weighted by Gasteiger charge is 2.32. The van der Waals surface area contributed by atoms with Crippen molar-refractivity contribution in [2.24, 2.45) is 0 Å². The third-order valence-corrected chi connectivity index (χ3v) is 21.8. The summed E-state index contributed by atoms with van der Waals surface area (Å²) >= 11 is 0. The molecular weight excluding hydrogens is 1330 g/mol. The van der Waals surface area contributed by atoms with Crippen LogP contribution < -0.4 is 14.2 Å². The number of phenolic OH excluding ortho intramolecular Hbond substituents is 3. The molecule has 9 nitrogen and oxygen atoms in total. The molecule has 9 heteroatoms. The Morgan fingerprint density at radius 1 is 0.222 bits per heavy atom. The number of hydrogen-bond acceptors (Lipinski definition) is 9. The molecule has 12 aromatic carbocycles. The summed E-state index contributed by atoms with van der Waals surface area (Å²) in [6, 6.07) is 88.9. The second-order valence-electron chi connectivity index (χ2n) is 31.9. The number of aromatic hydroxyl groups is 3. The molecule has 0 saturated carbocycles. The van der Waals surface area contributed by atoms with E-state index >= 15 is 0 Å². The van der Waals surface area contributed by atoms with Crippen LogP contribution in [0.5, 0.6) is 34.5 Å². The summed E-state index contributed by atoms with van der Waals surface area (Å²) in [7, 11) is 0. The van der Waals surface area contributed by atoms with E-state index in [0.717, 1.165) is 50.1 Å². The fourth-order valence-electron chi connectivity index (χ4n) is 13.5. The molecule has 0 bridgehead atoms. The summed E-state index contributed by atoms with van der Waals surface area (Å²) in [5.41, 5.74) is 19.4. The molecule has 0 aliphatic heterocycles. The maximum atomic E-state index is 13.3. The number of ketones is 1. The number of phenols is 3. The molecule has 0 atom stereocenters. The fraction of sp³-hybridized carbons (Fsp3) is 0.242. The first-order chi connectivity index (χ1) is 50.9. The standard InChI is InChI=1S/3C33H34O3/c1-23-7-11-25(12-8-23)32(3,4)27-15-19-29(20-16-27)35-31(34)36-30-21-17-28(18-22-30)33(5,6)26-13-9-24(2)10-14-26;1-22-7-11-24(12-8-22)32(3,4)26-15-18-28(19-16-26)36-31(35)29-21-27(17-20-30(29)34)33(5,6)25-13-9-23(2)10-14-25;1-21-7-11-23(12-8-21)32(3,4)25-15-17-27(29(34)19-25)31(36)28-18-16-26(20-30(28)35)33(5,6)24-13-9-22(2)10-14-24/h7-22H,1-6H3;7-21,34H,1-6H3;7-20,34-35H,1-6H3. The number of rotatable bonds is 18. The Labute approximate surface area is 639 Å². The van der Waals surface area contributed by atoms with Crippen LogP contribution in [0.4, 0.5) is 4.79 Å². The van der Waals surface area contributed by atoms with Gasteiger partial charge >= 0.3 is 12.1 Å². The third kappa shape index (κ3) is 18.1. The van der Waals surface area contributed by atoms with Gasteiger partial charge in [0.05, 0.1) is 11.1 Å². The first kappa shape index (κ1) is 79.0. The molecule has 0 saturated heterocycles. The zero-order valence-corrected chi connectivity index (χ0v) is 65.8. The van der Waals surface area contributed by atoms with E-state index < -0.39 is 17.9 Å². The molecule has 0 spiro atoms. The van der Waals surface area contributed by atoms with Crippen molar-refractivity contribution < 1.29 is 43.9 Å². The minimum Gasteiger partial charge on any atom is -0.507 e. The molecule has 0 fully saturated rings. The number of ether oxygens (including phenoxy) is 3. The van der Waals surface area contributed by atoms with Gasteiger partial charge in [-0.05, 0) is 181 Å². The summed E-state index contributed by atoms with van der Waals surface area (Å²) in [5.74, 6) is 0.0408. The Hall–Kier alpha value is -11.6. The van der Waals surface area contributed by atoms with Crippen LogP contribution in [0.1, 0.15) is 210 Å². The number of benzene rings is 12. The van der Waals surface area contributed by atoms with Crippen LogP contribution in [-0.2, 0) is 32.5 Å². The van der Waals surface area contributed by atoms with E-state index in [1.165, 1.54) is 50.1 Å². The minimum absolute atomic E-state index is 0.0962. The average molecular weight is 1440 g/mol. The Bertz CT molecular complexity index is 4900. The SMILES string of the molecule is Cc1ccc(C(C)(C)c2ccc(C(=O)c3ccc(C(C)(C)c4ccc(C)cc4)cc3O)c(O)c2)cc1.Cc1ccc(C(C)(C)c2ccc(OC(=O)Oc3ccc(C(C)(C)c4ccc(C)cc4)cc3)cc2)cc1.Cc1ccc(C(C)(C)c2ccc(OC(=O)c3cc(C(C)(C)c4ccc(C)cc4)ccc3O)cc2)cc1. The number of hydrogen-bond donors (Lipinski definition) is 3.